The number of rotatable bonds is 3. The first-order chi connectivity index (χ1) is 10.5. The van der Waals surface area contributed by atoms with Crippen LogP contribution in [0.5, 0.6) is 0 Å². The number of halogens is 2. The molecular weight excluding hydrogens is 319 g/mol. The first-order valence-corrected chi connectivity index (χ1v) is 6.70. The third kappa shape index (κ3) is 3.57. The molecule has 2 aromatic carbocycles. The summed E-state index contributed by atoms with van der Waals surface area (Å²) in [5.74, 6) is -1.30. The number of hydrogen-bond acceptors (Lipinski definition) is 3. The number of aromatic nitrogens is 1. The highest BCUT2D eigenvalue weighted by Gasteiger charge is 2.07. The second kappa shape index (κ2) is 6.62. The average molecular weight is 333 g/mol. The van der Waals surface area contributed by atoms with Gasteiger partial charge in [0, 0.05) is 22.5 Å². The summed E-state index contributed by atoms with van der Waals surface area (Å²) in [6.07, 6.45) is 0. The van der Waals surface area contributed by atoms with Crippen molar-refractivity contribution in [3.63, 3.8) is 0 Å². The van der Waals surface area contributed by atoms with Crippen LogP contribution in [-0.2, 0) is 0 Å². The van der Waals surface area contributed by atoms with E-state index in [4.69, 9.17) is 5.11 Å². The molecule has 0 unspecified atom stereocenters. The molecule has 0 aliphatic rings. The second-order valence-corrected chi connectivity index (χ2v) is 4.98. The number of carboxylic acids is 1. The van der Waals surface area contributed by atoms with Crippen LogP contribution in [-0.4, -0.2) is 16.1 Å². The molecule has 0 aliphatic carbocycles. The fraction of sp³-hybridized carbons (Fsp3) is 0.0588. The van der Waals surface area contributed by atoms with E-state index in [1.807, 2.05) is 13.0 Å². The number of hydrogen-bond donors (Lipinski definition) is 2. The molecule has 118 valence electrons. The maximum atomic E-state index is 13.5. The van der Waals surface area contributed by atoms with Gasteiger partial charge in [0.05, 0.1) is 11.1 Å². The molecular formula is C17H14ClFN2O2. The fourth-order valence-corrected chi connectivity index (χ4v) is 2.29. The lowest BCUT2D eigenvalue weighted by Gasteiger charge is -2.11. The smallest absolute Gasteiger partial charge is 0.335 e. The molecule has 0 fully saturated rings. The van der Waals surface area contributed by atoms with E-state index in [0.29, 0.717) is 10.9 Å². The number of nitrogens with one attached hydrogen (secondary N) is 1. The molecule has 0 saturated carbocycles. The van der Waals surface area contributed by atoms with Crippen molar-refractivity contribution in [3.05, 3.63) is 65.6 Å². The molecule has 23 heavy (non-hydrogen) atoms. The molecule has 0 radical (unpaired) electrons. The highest BCUT2D eigenvalue weighted by molar-refractivity contribution is 5.93. The van der Waals surface area contributed by atoms with Crippen molar-refractivity contribution in [2.45, 2.75) is 6.92 Å². The van der Waals surface area contributed by atoms with E-state index in [2.05, 4.69) is 10.3 Å². The predicted octanol–water partition coefficient (Wildman–Crippen LogP) is 4.55. The van der Waals surface area contributed by atoms with E-state index in [1.54, 1.807) is 18.2 Å². The number of nitrogens with zero attached hydrogens (tertiary/aromatic N) is 1. The van der Waals surface area contributed by atoms with Crippen LogP contribution in [0.1, 0.15) is 16.1 Å². The lowest BCUT2D eigenvalue weighted by molar-refractivity contribution is 0.0697. The van der Waals surface area contributed by atoms with Crippen LogP contribution in [0.15, 0.2) is 48.5 Å². The van der Waals surface area contributed by atoms with Gasteiger partial charge in [-0.15, -0.1) is 12.4 Å². The monoisotopic (exact) mass is 332 g/mol. The van der Waals surface area contributed by atoms with Crippen molar-refractivity contribution in [1.82, 2.24) is 4.98 Å². The number of fused-ring (bicyclic) bond motifs is 1. The first kappa shape index (κ1) is 16.7. The zero-order chi connectivity index (χ0) is 15.7. The van der Waals surface area contributed by atoms with Crippen molar-refractivity contribution < 1.29 is 14.3 Å². The molecule has 6 heteroatoms. The summed E-state index contributed by atoms with van der Waals surface area (Å²) in [4.78, 5) is 15.2. The normalized spacial score (nSPS) is 10.2. The number of pyridine rings is 1. The molecule has 3 aromatic rings. The number of benzene rings is 2. The average Bonchev–Trinajstić information content (AvgIpc) is 2.48. The van der Waals surface area contributed by atoms with Crippen LogP contribution in [0.4, 0.5) is 15.8 Å². The lowest BCUT2D eigenvalue weighted by Crippen LogP contribution is -1.98. The van der Waals surface area contributed by atoms with E-state index in [0.717, 1.165) is 17.1 Å². The summed E-state index contributed by atoms with van der Waals surface area (Å²) in [6.45, 7) is 1.86. The second-order valence-electron chi connectivity index (χ2n) is 4.98. The maximum Gasteiger partial charge on any atom is 0.335 e. The Hall–Kier alpha value is -2.66. The highest BCUT2D eigenvalue weighted by atomic mass is 35.5. The van der Waals surface area contributed by atoms with Crippen LogP contribution in [0.3, 0.4) is 0 Å². The Kier molecular flexibility index (Phi) is 4.81. The van der Waals surface area contributed by atoms with Gasteiger partial charge in [-0.25, -0.2) is 9.18 Å². The van der Waals surface area contributed by atoms with Crippen molar-refractivity contribution >= 4 is 40.7 Å². The molecule has 4 nitrogen and oxygen atoms in total. The van der Waals surface area contributed by atoms with Crippen molar-refractivity contribution in [2.24, 2.45) is 0 Å². The van der Waals surface area contributed by atoms with Gasteiger partial charge >= 0.3 is 5.97 Å². The number of carboxylic acid groups (broad SMARTS) is 1. The predicted molar refractivity (Wildman–Crippen MR) is 90.4 cm³/mol. The first-order valence-electron chi connectivity index (χ1n) is 6.70. The van der Waals surface area contributed by atoms with Crippen molar-refractivity contribution in [3.8, 4) is 0 Å². The van der Waals surface area contributed by atoms with Gasteiger partial charge in [-0.2, -0.15) is 0 Å². The van der Waals surface area contributed by atoms with Crippen LogP contribution in [0.25, 0.3) is 10.9 Å². The maximum absolute atomic E-state index is 13.5. The lowest BCUT2D eigenvalue weighted by atomic mass is 10.1. The SMILES string of the molecule is Cc1cc(Nc2ccc(C(=O)O)cc2)c2cc(F)ccc2n1.Cl. The van der Waals surface area contributed by atoms with Gasteiger partial charge in [0.2, 0.25) is 0 Å². The highest BCUT2D eigenvalue weighted by Crippen LogP contribution is 2.27. The number of anilines is 2. The minimum Gasteiger partial charge on any atom is -0.478 e. The summed E-state index contributed by atoms with van der Waals surface area (Å²) in [7, 11) is 0. The van der Waals surface area contributed by atoms with Gasteiger partial charge in [-0.3, -0.25) is 4.98 Å². The van der Waals surface area contributed by atoms with E-state index in [9.17, 15) is 9.18 Å². The Balaban J connectivity index is 0.00000192. The van der Waals surface area contributed by atoms with Crippen LogP contribution >= 0.6 is 12.4 Å². The molecule has 0 atom stereocenters. The van der Waals surface area contributed by atoms with E-state index in [-0.39, 0.29) is 23.8 Å². The molecule has 3 rings (SSSR count). The molecule has 0 spiro atoms. The number of carbonyl (C=O) groups is 1. The molecule has 1 aromatic heterocycles. The standard InChI is InChI=1S/C17H13FN2O2.ClH/c1-10-8-16(14-9-12(18)4-7-15(14)19-10)20-13-5-2-11(3-6-13)17(21)22;/h2-9H,1H3,(H,19,20)(H,21,22);1H. The van der Waals surface area contributed by atoms with E-state index >= 15 is 0 Å². The Morgan fingerprint density at radius 2 is 1.83 bits per heavy atom. The van der Waals surface area contributed by atoms with Crippen molar-refractivity contribution in [1.29, 1.82) is 0 Å². The summed E-state index contributed by atoms with van der Waals surface area (Å²) >= 11 is 0. The Morgan fingerprint density at radius 3 is 2.48 bits per heavy atom. The van der Waals surface area contributed by atoms with Gasteiger partial charge in [-0.1, -0.05) is 0 Å². The van der Waals surface area contributed by atoms with Crippen LogP contribution < -0.4 is 5.32 Å². The van der Waals surface area contributed by atoms with Gasteiger partial charge in [0.25, 0.3) is 0 Å². The Labute approximate surface area is 138 Å². The molecule has 1 heterocycles. The minimum absolute atomic E-state index is 0. The minimum atomic E-state index is -0.973. The molecule has 0 bridgehead atoms. The van der Waals surface area contributed by atoms with Gasteiger partial charge in [0.1, 0.15) is 5.82 Å². The topological polar surface area (TPSA) is 62.2 Å². The summed E-state index contributed by atoms with van der Waals surface area (Å²) in [6, 6.07) is 12.6. The number of aromatic carboxylic acids is 1. The Bertz CT molecular complexity index is 866. The van der Waals surface area contributed by atoms with Crippen molar-refractivity contribution in [2.75, 3.05) is 5.32 Å². The van der Waals surface area contributed by atoms with Crippen LogP contribution in [0, 0.1) is 12.7 Å². The zero-order valence-electron chi connectivity index (χ0n) is 12.2. The Morgan fingerprint density at radius 1 is 1.13 bits per heavy atom. The fourth-order valence-electron chi connectivity index (χ4n) is 2.29. The summed E-state index contributed by atoms with van der Waals surface area (Å²) < 4.78 is 13.5. The molecule has 0 saturated heterocycles. The van der Waals surface area contributed by atoms with Gasteiger partial charge < -0.3 is 10.4 Å². The molecule has 2 N–H and O–H groups in total. The third-order valence-corrected chi connectivity index (χ3v) is 3.31. The third-order valence-electron chi connectivity index (χ3n) is 3.31. The summed E-state index contributed by atoms with van der Waals surface area (Å²) in [5, 5.41) is 12.8. The summed E-state index contributed by atoms with van der Waals surface area (Å²) in [5.41, 5.74) is 3.17. The molecule has 0 aliphatic heterocycles. The van der Waals surface area contributed by atoms with E-state index in [1.165, 1.54) is 24.3 Å². The quantitative estimate of drug-likeness (QED) is 0.738. The largest absolute Gasteiger partial charge is 0.478 e. The van der Waals surface area contributed by atoms with Gasteiger partial charge in [-0.05, 0) is 55.5 Å². The number of aryl methyl sites for hydroxylation is 1. The molecule has 0 amide bonds. The van der Waals surface area contributed by atoms with Crippen LogP contribution in [0.2, 0.25) is 0 Å². The van der Waals surface area contributed by atoms with E-state index < -0.39 is 5.97 Å². The zero-order valence-corrected chi connectivity index (χ0v) is 13.0. The van der Waals surface area contributed by atoms with Gasteiger partial charge in [0.15, 0.2) is 0 Å².